The van der Waals surface area contributed by atoms with Gasteiger partial charge in [0.15, 0.2) is 0 Å². The molecule has 1 heterocycles. The molecule has 0 radical (unpaired) electrons. The molecule has 6 heteroatoms. The van der Waals surface area contributed by atoms with Gasteiger partial charge in [-0.25, -0.2) is 12.7 Å². The lowest BCUT2D eigenvalue weighted by molar-refractivity contribution is -0.138. The van der Waals surface area contributed by atoms with E-state index < -0.39 is 16.0 Å². The number of nitrogens with zero attached hydrogens (tertiary/aromatic N) is 1. The number of rotatable bonds is 5. The molecule has 2 unspecified atom stereocenters. The molecule has 0 saturated carbocycles. The lowest BCUT2D eigenvalue weighted by atomic mass is 10.0. The molecule has 1 fully saturated rings. The molecule has 0 bridgehead atoms. The van der Waals surface area contributed by atoms with Crippen LogP contribution < -0.4 is 0 Å². The Hall–Kier alpha value is -0.620. The van der Waals surface area contributed by atoms with Crippen molar-refractivity contribution in [1.29, 1.82) is 0 Å². The van der Waals surface area contributed by atoms with E-state index in [1.807, 2.05) is 13.8 Å². The predicted molar refractivity (Wildman–Crippen MR) is 60.6 cm³/mol. The van der Waals surface area contributed by atoms with Gasteiger partial charge in [-0.1, -0.05) is 20.3 Å². The minimum atomic E-state index is -3.14. The number of hydrogen-bond donors (Lipinski definition) is 1. The van der Waals surface area contributed by atoms with Crippen molar-refractivity contribution in [3.63, 3.8) is 0 Å². The molecule has 1 rings (SSSR count). The van der Waals surface area contributed by atoms with Crippen LogP contribution in [0.5, 0.6) is 0 Å². The lowest BCUT2D eigenvalue weighted by Gasteiger charge is -2.20. The minimum absolute atomic E-state index is 0.0386. The average molecular weight is 249 g/mol. The standard InChI is InChI=1S/C10H19NO4S/c1-3-9(4-10(12)13)6-11-5-8(2)7-16(11,14)15/h8-9H,3-7H2,1-2H3,(H,12,13). The van der Waals surface area contributed by atoms with Gasteiger partial charge in [-0.2, -0.15) is 0 Å². The highest BCUT2D eigenvalue weighted by molar-refractivity contribution is 7.89. The van der Waals surface area contributed by atoms with Crippen molar-refractivity contribution in [2.75, 3.05) is 18.8 Å². The second-order valence-corrected chi connectivity index (χ2v) is 6.59. The minimum Gasteiger partial charge on any atom is -0.481 e. The third-order valence-electron chi connectivity index (χ3n) is 2.91. The van der Waals surface area contributed by atoms with Crippen molar-refractivity contribution >= 4 is 16.0 Å². The van der Waals surface area contributed by atoms with Gasteiger partial charge in [-0.05, 0) is 11.8 Å². The lowest BCUT2D eigenvalue weighted by Crippen LogP contribution is -2.32. The van der Waals surface area contributed by atoms with Crippen LogP contribution >= 0.6 is 0 Å². The summed E-state index contributed by atoms with van der Waals surface area (Å²) in [5.74, 6) is -0.613. The highest BCUT2D eigenvalue weighted by atomic mass is 32.2. The molecule has 1 saturated heterocycles. The van der Waals surface area contributed by atoms with E-state index in [1.54, 1.807) is 0 Å². The molecule has 0 spiro atoms. The SMILES string of the molecule is CCC(CC(=O)O)CN1CC(C)CS1(=O)=O. The molecule has 1 aliphatic rings. The second-order valence-electron chi connectivity index (χ2n) is 4.57. The maximum atomic E-state index is 11.7. The summed E-state index contributed by atoms with van der Waals surface area (Å²) in [5, 5.41) is 8.70. The van der Waals surface area contributed by atoms with Gasteiger partial charge in [0, 0.05) is 19.5 Å². The molecule has 1 N–H and O–H groups in total. The molecule has 94 valence electrons. The van der Waals surface area contributed by atoms with E-state index in [9.17, 15) is 13.2 Å². The zero-order valence-electron chi connectivity index (χ0n) is 9.72. The van der Waals surface area contributed by atoms with Crippen LogP contribution in [0.1, 0.15) is 26.7 Å². The van der Waals surface area contributed by atoms with Gasteiger partial charge in [0.05, 0.1) is 5.75 Å². The molecule has 0 aromatic rings. The Kier molecular flexibility index (Phi) is 4.32. The highest BCUT2D eigenvalue weighted by Gasteiger charge is 2.34. The average Bonchev–Trinajstić information content (AvgIpc) is 2.37. The number of aliphatic carboxylic acids is 1. The topological polar surface area (TPSA) is 74.7 Å². The first-order valence-corrected chi connectivity index (χ1v) is 7.15. The first kappa shape index (κ1) is 13.4. The van der Waals surface area contributed by atoms with Crippen molar-refractivity contribution in [3.05, 3.63) is 0 Å². The summed E-state index contributed by atoms with van der Waals surface area (Å²) in [6, 6.07) is 0. The number of sulfonamides is 1. The van der Waals surface area contributed by atoms with Crippen molar-refractivity contribution < 1.29 is 18.3 Å². The van der Waals surface area contributed by atoms with Crippen molar-refractivity contribution in [2.45, 2.75) is 26.7 Å². The number of carboxylic acid groups (broad SMARTS) is 1. The Morgan fingerprint density at radius 1 is 1.56 bits per heavy atom. The maximum absolute atomic E-state index is 11.7. The van der Waals surface area contributed by atoms with Crippen LogP contribution in [0.4, 0.5) is 0 Å². The molecule has 2 atom stereocenters. The molecule has 0 aromatic heterocycles. The van der Waals surface area contributed by atoms with Crippen molar-refractivity contribution in [3.8, 4) is 0 Å². The van der Waals surface area contributed by atoms with Gasteiger partial charge in [0.1, 0.15) is 0 Å². The van der Waals surface area contributed by atoms with Crippen LogP contribution in [0.3, 0.4) is 0 Å². The first-order chi connectivity index (χ1) is 7.35. The molecular weight excluding hydrogens is 230 g/mol. The summed E-state index contributed by atoms with van der Waals surface area (Å²) in [7, 11) is -3.14. The fraction of sp³-hybridized carbons (Fsp3) is 0.900. The summed E-state index contributed by atoms with van der Waals surface area (Å²) < 4.78 is 24.8. The van der Waals surface area contributed by atoms with Gasteiger partial charge in [0.2, 0.25) is 10.0 Å². The maximum Gasteiger partial charge on any atom is 0.303 e. The quantitative estimate of drug-likeness (QED) is 0.781. The number of carbonyl (C=O) groups is 1. The van der Waals surface area contributed by atoms with Crippen LogP contribution in [-0.2, 0) is 14.8 Å². The molecule has 5 nitrogen and oxygen atoms in total. The normalized spacial score (nSPS) is 26.8. The van der Waals surface area contributed by atoms with Gasteiger partial charge < -0.3 is 5.11 Å². The molecule has 0 aromatic carbocycles. The Balaban J connectivity index is 2.62. The van der Waals surface area contributed by atoms with Crippen LogP contribution in [-0.4, -0.2) is 42.6 Å². The number of hydrogen-bond acceptors (Lipinski definition) is 3. The van der Waals surface area contributed by atoms with E-state index in [4.69, 9.17) is 5.11 Å². The first-order valence-electron chi connectivity index (χ1n) is 5.54. The zero-order chi connectivity index (χ0) is 12.3. The van der Waals surface area contributed by atoms with Crippen LogP contribution in [0.25, 0.3) is 0 Å². The molecule has 1 aliphatic heterocycles. The van der Waals surface area contributed by atoms with E-state index in [0.717, 1.165) is 0 Å². The van der Waals surface area contributed by atoms with Crippen LogP contribution in [0.2, 0.25) is 0 Å². The summed E-state index contributed by atoms with van der Waals surface area (Å²) >= 11 is 0. The molecule has 16 heavy (non-hydrogen) atoms. The van der Waals surface area contributed by atoms with E-state index >= 15 is 0 Å². The van der Waals surface area contributed by atoms with Gasteiger partial charge in [-0.15, -0.1) is 0 Å². The largest absolute Gasteiger partial charge is 0.481 e. The monoisotopic (exact) mass is 249 g/mol. The third kappa shape index (κ3) is 3.45. The predicted octanol–water partition coefficient (Wildman–Crippen LogP) is 0.769. The van der Waals surface area contributed by atoms with E-state index in [-0.39, 0.29) is 24.0 Å². The van der Waals surface area contributed by atoms with Gasteiger partial charge >= 0.3 is 5.97 Å². The van der Waals surface area contributed by atoms with E-state index in [0.29, 0.717) is 19.5 Å². The Labute approximate surface area is 96.5 Å². The summed E-state index contributed by atoms with van der Waals surface area (Å²) in [6.07, 6.45) is 0.726. The van der Waals surface area contributed by atoms with Crippen LogP contribution in [0.15, 0.2) is 0 Å². The van der Waals surface area contributed by atoms with E-state index in [1.165, 1.54) is 4.31 Å². The summed E-state index contributed by atoms with van der Waals surface area (Å²) in [4.78, 5) is 10.6. The molecule has 0 aliphatic carbocycles. The van der Waals surface area contributed by atoms with Crippen molar-refractivity contribution in [2.24, 2.45) is 11.8 Å². The highest BCUT2D eigenvalue weighted by Crippen LogP contribution is 2.22. The van der Waals surface area contributed by atoms with Crippen molar-refractivity contribution in [1.82, 2.24) is 4.31 Å². The fourth-order valence-corrected chi connectivity index (χ4v) is 3.99. The van der Waals surface area contributed by atoms with Gasteiger partial charge in [0.25, 0.3) is 0 Å². The fourth-order valence-electron chi connectivity index (χ4n) is 2.04. The summed E-state index contributed by atoms with van der Waals surface area (Å²) in [6.45, 7) is 4.66. The zero-order valence-corrected chi connectivity index (χ0v) is 10.5. The van der Waals surface area contributed by atoms with Crippen LogP contribution in [0, 0.1) is 11.8 Å². The molecule has 0 amide bonds. The third-order valence-corrected chi connectivity index (χ3v) is 4.98. The smallest absolute Gasteiger partial charge is 0.303 e. The Bertz CT molecular complexity index is 352. The Morgan fingerprint density at radius 3 is 2.56 bits per heavy atom. The Morgan fingerprint density at radius 2 is 2.19 bits per heavy atom. The second kappa shape index (κ2) is 5.14. The van der Waals surface area contributed by atoms with Gasteiger partial charge in [-0.3, -0.25) is 4.79 Å². The summed E-state index contributed by atoms with van der Waals surface area (Å²) in [5.41, 5.74) is 0. The number of carboxylic acids is 1. The molecular formula is C10H19NO4S. The van der Waals surface area contributed by atoms with E-state index in [2.05, 4.69) is 0 Å².